The Morgan fingerprint density at radius 3 is 2.44 bits per heavy atom. The first-order chi connectivity index (χ1) is 11.7. The van der Waals surface area contributed by atoms with Gasteiger partial charge in [0.15, 0.2) is 6.61 Å². The number of ether oxygens (including phenoxy) is 2. The van der Waals surface area contributed by atoms with Crippen LogP contribution in [0, 0.1) is 0 Å². The molecule has 9 heteroatoms. The summed E-state index contributed by atoms with van der Waals surface area (Å²) in [6.45, 7) is 2.52. The van der Waals surface area contributed by atoms with Crippen molar-refractivity contribution in [3.8, 4) is 5.75 Å². The smallest absolute Gasteiger partial charge is 0.411 e. The molecule has 0 radical (unpaired) electrons. The van der Waals surface area contributed by atoms with E-state index in [4.69, 9.17) is 4.74 Å². The summed E-state index contributed by atoms with van der Waals surface area (Å²) in [5.74, 6) is -0.532. The van der Waals surface area contributed by atoms with Gasteiger partial charge in [0, 0.05) is 24.8 Å². The number of alkyl halides is 3. The quantitative estimate of drug-likeness (QED) is 0.733. The van der Waals surface area contributed by atoms with E-state index >= 15 is 0 Å². The van der Waals surface area contributed by atoms with Crippen LogP contribution in [0.3, 0.4) is 0 Å². The average molecular weight is 362 g/mol. The van der Waals surface area contributed by atoms with Crippen LogP contribution in [0.5, 0.6) is 5.75 Å². The maximum Gasteiger partial charge on any atom is 0.411 e. The van der Waals surface area contributed by atoms with Gasteiger partial charge >= 0.3 is 6.18 Å². The van der Waals surface area contributed by atoms with E-state index in [1.807, 2.05) is 13.8 Å². The summed E-state index contributed by atoms with van der Waals surface area (Å²) in [4.78, 5) is 25.0. The van der Waals surface area contributed by atoms with E-state index < -0.39 is 25.3 Å². The van der Waals surface area contributed by atoms with Crippen molar-refractivity contribution in [2.45, 2.75) is 20.0 Å². The molecule has 1 aromatic rings. The number of rotatable bonds is 9. The van der Waals surface area contributed by atoms with Gasteiger partial charge in [-0.1, -0.05) is 6.07 Å². The fraction of sp³-hybridized carbons (Fsp3) is 0.500. The number of likely N-dealkylation sites (N-methyl/N-ethyl adjacent to an activating group) is 1. The fourth-order valence-electron chi connectivity index (χ4n) is 1.93. The summed E-state index contributed by atoms with van der Waals surface area (Å²) in [6.07, 6.45) is -4.48. The van der Waals surface area contributed by atoms with Gasteiger partial charge in [-0.05, 0) is 26.0 Å². The Labute approximate surface area is 143 Å². The largest absolute Gasteiger partial charge is 0.484 e. The first-order valence-corrected chi connectivity index (χ1v) is 7.70. The van der Waals surface area contributed by atoms with E-state index in [0.717, 1.165) is 0 Å². The average Bonchev–Trinajstić information content (AvgIpc) is 2.53. The highest BCUT2D eigenvalue weighted by Crippen LogP contribution is 2.18. The van der Waals surface area contributed by atoms with Gasteiger partial charge < -0.3 is 19.7 Å². The van der Waals surface area contributed by atoms with Gasteiger partial charge in [-0.15, -0.1) is 0 Å². The van der Waals surface area contributed by atoms with Crippen molar-refractivity contribution in [2.75, 3.05) is 38.2 Å². The van der Waals surface area contributed by atoms with Gasteiger partial charge in [0.05, 0.1) is 0 Å². The molecule has 0 aliphatic heterocycles. The molecule has 0 unspecified atom stereocenters. The number of amides is 2. The lowest BCUT2D eigenvalue weighted by Crippen LogP contribution is -2.34. The molecule has 25 heavy (non-hydrogen) atoms. The number of hydrogen-bond acceptors (Lipinski definition) is 4. The molecule has 1 N–H and O–H groups in total. The van der Waals surface area contributed by atoms with E-state index in [1.54, 1.807) is 23.1 Å². The Morgan fingerprint density at radius 1 is 1.16 bits per heavy atom. The van der Waals surface area contributed by atoms with Crippen LogP contribution in [0.25, 0.3) is 0 Å². The second kappa shape index (κ2) is 9.87. The van der Waals surface area contributed by atoms with Crippen molar-refractivity contribution >= 4 is 17.5 Å². The Balaban J connectivity index is 2.49. The zero-order chi connectivity index (χ0) is 18.9. The van der Waals surface area contributed by atoms with Crippen molar-refractivity contribution in [3.63, 3.8) is 0 Å². The van der Waals surface area contributed by atoms with Gasteiger partial charge in [-0.3, -0.25) is 9.59 Å². The van der Waals surface area contributed by atoms with E-state index in [9.17, 15) is 22.8 Å². The Hall–Kier alpha value is -2.29. The number of benzene rings is 1. The van der Waals surface area contributed by atoms with Crippen LogP contribution >= 0.6 is 0 Å². The normalized spacial score (nSPS) is 11.1. The second-order valence-electron chi connectivity index (χ2n) is 5.04. The lowest BCUT2D eigenvalue weighted by molar-refractivity contribution is -0.174. The van der Waals surface area contributed by atoms with Crippen LogP contribution in [0.15, 0.2) is 24.3 Å². The minimum atomic E-state index is -4.48. The molecular formula is C16H21F3N2O4. The summed E-state index contributed by atoms with van der Waals surface area (Å²) in [7, 11) is 0. The first-order valence-electron chi connectivity index (χ1n) is 7.70. The number of hydrogen-bond donors (Lipinski definition) is 1. The van der Waals surface area contributed by atoms with Gasteiger partial charge in [-0.25, -0.2) is 0 Å². The van der Waals surface area contributed by atoms with Gasteiger partial charge in [0.2, 0.25) is 5.91 Å². The standard InChI is InChI=1S/C16H21F3N2O4/c1-3-21(4-2)15(23)10-25-13-7-5-6-12(8-13)20-14(22)9-24-11-16(17,18)19/h5-8H,3-4,9-11H2,1-2H3,(H,20,22). The topological polar surface area (TPSA) is 67.9 Å². The molecule has 0 bridgehead atoms. The van der Waals surface area contributed by atoms with Gasteiger partial charge in [0.1, 0.15) is 19.0 Å². The molecule has 0 spiro atoms. The van der Waals surface area contributed by atoms with Crippen LogP contribution in [0.2, 0.25) is 0 Å². The van der Waals surface area contributed by atoms with Crippen molar-refractivity contribution in [2.24, 2.45) is 0 Å². The maximum atomic E-state index is 11.9. The van der Waals surface area contributed by atoms with Crippen LogP contribution in [0.4, 0.5) is 18.9 Å². The predicted octanol–water partition coefficient (Wildman–Crippen LogP) is 2.45. The number of nitrogens with one attached hydrogen (secondary N) is 1. The lowest BCUT2D eigenvalue weighted by atomic mass is 10.3. The Kier molecular flexibility index (Phi) is 8.20. The SMILES string of the molecule is CCN(CC)C(=O)COc1cccc(NC(=O)COCC(F)(F)F)c1. The van der Waals surface area contributed by atoms with Crippen molar-refractivity contribution in [1.82, 2.24) is 4.90 Å². The molecule has 0 saturated carbocycles. The molecule has 1 rings (SSSR count). The molecule has 0 aliphatic rings. The van der Waals surface area contributed by atoms with E-state index in [0.29, 0.717) is 24.5 Å². The summed E-state index contributed by atoms with van der Waals surface area (Å²) in [5, 5.41) is 2.39. The van der Waals surface area contributed by atoms with E-state index in [1.165, 1.54) is 6.07 Å². The van der Waals surface area contributed by atoms with Crippen LogP contribution in [-0.4, -0.2) is 55.8 Å². The van der Waals surface area contributed by atoms with Crippen LogP contribution in [-0.2, 0) is 14.3 Å². The molecule has 2 amide bonds. The Morgan fingerprint density at radius 2 is 1.84 bits per heavy atom. The zero-order valence-corrected chi connectivity index (χ0v) is 14.1. The van der Waals surface area contributed by atoms with Crippen molar-refractivity contribution in [3.05, 3.63) is 24.3 Å². The summed E-state index contributed by atoms with van der Waals surface area (Å²) in [6, 6.07) is 6.20. The van der Waals surface area contributed by atoms with Gasteiger partial charge in [0.25, 0.3) is 5.91 Å². The molecule has 0 heterocycles. The number of halogens is 3. The monoisotopic (exact) mass is 362 g/mol. The maximum absolute atomic E-state index is 11.9. The molecule has 0 aliphatic carbocycles. The predicted molar refractivity (Wildman–Crippen MR) is 85.4 cm³/mol. The highest BCUT2D eigenvalue weighted by atomic mass is 19.4. The third-order valence-electron chi connectivity index (χ3n) is 3.10. The molecule has 0 atom stereocenters. The van der Waals surface area contributed by atoms with E-state index in [2.05, 4.69) is 10.1 Å². The summed E-state index contributed by atoms with van der Waals surface area (Å²) >= 11 is 0. The highest BCUT2D eigenvalue weighted by molar-refractivity contribution is 5.91. The second-order valence-corrected chi connectivity index (χ2v) is 5.04. The fourth-order valence-corrected chi connectivity index (χ4v) is 1.93. The minimum Gasteiger partial charge on any atom is -0.484 e. The number of carbonyl (C=O) groups is 2. The molecule has 6 nitrogen and oxygen atoms in total. The molecule has 0 saturated heterocycles. The first kappa shape index (κ1) is 20.8. The zero-order valence-electron chi connectivity index (χ0n) is 14.1. The molecule has 0 aromatic heterocycles. The van der Waals surface area contributed by atoms with Crippen molar-refractivity contribution in [1.29, 1.82) is 0 Å². The summed E-state index contributed by atoms with van der Waals surface area (Å²) < 4.78 is 45.5. The van der Waals surface area contributed by atoms with E-state index in [-0.39, 0.29) is 12.5 Å². The van der Waals surface area contributed by atoms with Crippen molar-refractivity contribution < 1.29 is 32.2 Å². The third-order valence-corrected chi connectivity index (χ3v) is 3.10. The summed E-state index contributed by atoms with van der Waals surface area (Å²) in [5.41, 5.74) is 0.327. The minimum absolute atomic E-state index is 0.145. The number of nitrogens with zero attached hydrogens (tertiary/aromatic N) is 1. The highest BCUT2D eigenvalue weighted by Gasteiger charge is 2.27. The lowest BCUT2D eigenvalue weighted by Gasteiger charge is -2.18. The van der Waals surface area contributed by atoms with Crippen LogP contribution < -0.4 is 10.1 Å². The third kappa shape index (κ3) is 8.39. The molecule has 0 fully saturated rings. The number of anilines is 1. The molecular weight excluding hydrogens is 341 g/mol. The molecule has 1 aromatic carbocycles. The van der Waals surface area contributed by atoms with Gasteiger partial charge in [-0.2, -0.15) is 13.2 Å². The molecule has 140 valence electrons. The number of carbonyl (C=O) groups excluding carboxylic acids is 2. The Bertz CT molecular complexity index is 575. The van der Waals surface area contributed by atoms with Crippen LogP contribution in [0.1, 0.15) is 13.8 Å².